The fraction of sp³-hybridized carbons (Fsp3) is 0.227. The standard InChI is InChI=1S/C20H20FNO3.C2H2O4/c1-15-9-10-16-5-4-8-19(20(16)22-15)25-14-12-23-11-13-24-18-7-3-2-6-17(18)21;3-1(4)2(5)6/h2-10H,11-14H2,1H3;(H,3,4)(H,5,6). The lowest BCUT2D eigenvalue weighted by molar-refractivity contribution is -0.159. The molecule has 0 aliphatic carbocycles. The van der Waals surface area contributed by atoms with Gasteiger partial charge in [-0.2, -0.15) is 0 Å². The highest BCUT2D eigenvalue weighted by atomic mass is 19.1. The van der Waals surface area contributed by atoms with E-state index >= 15 is 0 Å². The number of hydrogen-bond acceptors (Lipinski definition) is 6. The first-order valence-corrected chi connectivity index (χ1v) is 9.29. The van der Waals surface area contributed by atoms with Gasteiger partial charge in [0.15, 0.2) is 11.6 Å². The van der Waals surface area contributed by atoms with Crippen molar-refractivity contribution in [3.63, 3.8) is 0 Å². The van der Waals surface area contributed by atoms with Crippen molar-refractivity contribution in [2.45, 2.75) is 6.92 Å². The Bertz CT molecular complexity index is 1010. The molecule has 0 unspecified atom stereocenters. The molecule has 9 heteroatoms. The molecule has 0 fully saturated rings. The van der Waals surface area contributed by atoms with Crippen LogP contribution in [-0.4, -0.2) is 53.6 Å². The van der Waals surface area contributed by atoms with Crippen molar-refractivity contribution in [2.24, 2.45) is 0 Å². The van der Waals surface area contributed by atoms with Crippen molar-refractivity contribution in [3.8, 4) is 11.5 Å². The molecule has 0 amide bonds. The largest absolute Gasteiger partial charge is 0.489 e. The summed E-state index contributed by atoms with van der Waals surface area (Å²) in [5.41, 5.74) is 1.80. The summed E-state index contributed by atoms with van der Waals surface area (Å²) in [4.78, 5) is 22.7. The minimum Gasteiger partial charge on any atom is -0.489 e. The topological polar surface area (TPSA) is 115 Å². The molecule has 0 bridgehead atoms. The smallest absolute Gasteiger partial charge is 0.414 e. The Morgan fingerprint density at radius 3 is 2.10 bits per heavy atom. The number of carbonyl (C=O) groups is 2. The summed E-state index contributed by atoms with van der Waals surface area (Å²) in [5, 5.41) is 15.8. The Morgan fingerprint density at radius 2 is 1.45 bits per heavy atom. The first kappa shape index (κ1) is 23.6. The number of carboxylic acids is 2. The molecule has 8 nitrogen and oxygen atoms in total. The van der Waals surface area contributed by atoms with Gasteiger partial charge in [0.25, 0.3) is 0 Å². The van der Waals surface area contributed by atoms with E-state index in [-0.39, 0.29) is 18.2 Å². The molecule has 0 radical (unpaired) electrons. The highest BCUT2D eigenvalue weighted by Gasteiger charge is 2.05. The second-order valence-corrected chi connectivity index (χ2v) is 6.13. The van der Waals surface area contributed by atoms with Gasteiger partial charge in [-0.15, -0.1) is 0 Å². The number of benzene rings is 2. The zero-order valence-corrected chi connectivity index (χ0v) is 16.8. The van der Waals surface area contributed by atoms with Crippen molar-refractivity contribution in [2.75, 3.05) is 26.4 Å². The van der Waals surface area contributed by atoms with Crippen LogP contribution in [-0.2, 0) is 14.3 Å². The fourth-order valence-corrected chi connectivity index (χ4v) is 2.42. The maximum atomic E-state index is 13.4. The molecular formula is C22H22FNO7. The van der Waals surface area contributed by atoms with Crippen LogP contribution in [0.4, 0.5) is 4.39 Å². The highest BCUT2D eigenvalue weighted by molar-refractivity contribution is 6.27. The van der Waals surface area contributed by atoms with E-state index in [2.05, 4.69) is 4.98 Å². The molecule has 0 spiro atoms. The zero-order chi connectivity index (χ0) is 22.6. The van der Waals surface area contributed by atoms with E-state index in [1.807, 2.05) is 37.3 Å². The number of hydrogen-bond donors (Lipinski definition) is 2. The predicted octanol–water partition coefficient (Wildman–Crippen LogP) is 3.31. The van der Waals surface area contributed by atoms with Crippen LogP contribution in [0.15, 0.2) is 54.6 Å². The minimum atomic E-state index is -1.82. The summed E-state index contributed by atoms with van der Waals surface area (Å²) in [6, 6.07) is 16.2. The van der Waals surface area contributed by atoms with E-state index < -0.39 is 11.9 Å². The van der Waals surface area contributed by atoms with Crippen LogP contribution in [0.3, 0.4) is 0 Å². The summed E-state index contributed by atoms with van der Waals surface area (Å²) in [6.45, 7) is 3.44. The molecule has 31 heavy (non-hydrogen) atoms. The maximum Gasteiger partial charge on any atom is 0.414 e. The van der Waals surface area contributed by atoms with E-state index in [4.69, 9.17) is 34.0 Å². The number of rotatable bonds is 8. The van der Waals surface area contributed by atoms with Gasteiger partial charge in [-0.1, -0.05) is 30.3 Å². The van der Waals surface area contributed by atoms with Gasteiger partial charge in [0.1, 0.15) is 24.5 Å². The molecular weight excluding hydrogens is 409 g/mol. The lowest BCUT2D eigenvalue weighted by atomic mass is 10.2. The summed E-state index contributed by atoms with van der Waals surface area (Å²) in [5.74, 6) is -3.04. The predicted molar refractivity (Wildman–Crippen MR) is 110 cm³/mol. The van der Waals surface area contributed by atoms with Crippen LogP contribution in [0, 0.1) is 12.7 Å². The normalized spacial score (nSPS) is 10.1. The molecule has 1 heterocycles. The van der Waals surface area contributed by atoms with Gasteiger partial charge in [-0.3, -0.25) is 0 Å². The Hall–Kier alpha value is -3.72. The van der Waals surface area contributed by atoms with E-state index in [0.717, 1.165) is 22.3 Å². The minimum absolute atomic E-state index is 0.236. The molecule has 0 saturated heterocycles. The van der Waals surface area contributed by atoms with Gasteiger partial charge in [0.2, 0.25) is 0 Å². The second kappa shape index (κ2) is 12.1. The van der Waals surface area contributed by atoms with Gasteiger partial charge >= 0.3 is 11.9 Å². The SMILES string of the molecule is Cc1ccc2cccc(OCCOCCOc3ccccc3F)c2n1.O=C(O)C(=O)O. The number of aromatic nitrogens is 1. The van der Waals surface area contributed by atoms with E-state index in [1.54, 1.807) is 18.2 Å². The Kier molecular flexibility index (Phi) is 9.18. The fourth-order valence-electron chi connectivity index (χ4n) is 2.42. The monoisotopic (exact) mass is 431 g/mol. The third-order valence-corrected chi connectivity index (χ3v) is 3.81. The molecule has 0 atom stereocenters. The molecule has 0 aliphatic heterocycles. The molecule has 0 aliphatic rings. The van der Waals surface area contributed by atoms with Gasteiger partial charge in [-0.05, 0) is 31.2 Å². The molecule has 3 rings (SSSR count). The molecule has 164 valence electrons. The van der Waals surface area contributed by atoms with E-state index in [0.29, 0.717) is 19.8 Å². The average Bonchev–Trinajstić information content (AvgIpc) is 2.74. The molecule has 3 aromatic rings. The third kappa shape index (κ3) is 7.90. The lowest BCUT2D eigenvalue weighted by Gasteiger charge is -2.10. The number of fused-ring (bicyclic) bond motifs is 1. The van der Waals surface area contributed by atoms with Crippen LogP contribution >= 0.6 is 0 Å². The summed E-state index contributed by atoms with van der Waals surface area (Å²) in [7, 11) is 0. The van der Waals surface area contributed by atoms with Crippen LogP contribution in [0.1, 0.15) is 5.69 Å². The number of aryl methyl sites for hydroxylation is 1. The number of nitrogens with zero attached hydrogens (tertiary/aromatic N) is 1. The van der Waals surface area contributed by atoms with Crippen molar-refractivity contribution in [1.29, 1.82) is 0 Å². The lowest BCUT2D eigenvalue weighted by Crippen LogP contribution is -2.12. The zero-order valence-electron chi connectivity index (χ0n) is 16.8. The van der Waals surface area contributed by atoms with Crippen LogP contribution < -0.4 is 9.47 Å². The number of carboxylic acid groups (broad SMARTS) is 2. The van der Waals surface area contributed by atoms with Crippen molar-refractivity contribution in [1.82, 2.24) is 4.98 Å². The number of ether oxygens (including phenoxy) is 3. The van der Waals surface area contributed by atoms with Crippen molar-refractivity contribution < 1.29 is 38.4 Å². The Balaban J connectivity index is 0.000000501. The van der Waals surface area contributed by atoms with Crippen molar-refractivity contribution in [3.05, 3.63) is 66.1 Å². The summed E-state index contributed by atoms with van der Waals surface area (Å²) in [6.07, 6.45) is 0. The van der Waals surface area contributed by atoms with Crippen molar-refractivity contribution >= 4 is 22.8 Å². The second-order valence-electron chi connectivity index (χ2n) is 6.13. The number of pyridine rings is 1. The van der Waals surface area contributed by atoms with Gasteiger partial charge < -0.3 is 24.4 Å². The van der Waals surface area contributed by atoms with Crippen LogP contribution in [0.2, 0.25) is 0 Å². The average molecular weight is 431 g/mol. The highest BCUT2D eigenvalue weighted by Crippen LogP contribution is 2.23. The molecule has 2 aromatic carbocycles. The number of halogens is 1. The Morgan fingerprint density at radius 1 is 0.839 bits per heavy atom. The Labute approximate surface area is 177 Å². The van der Waals surface area contributed by atoms with E-state index in [1.165, 1.54) is 6.07 Å². The maximum absolute atomic E-state index is 13.4. The van der Waals surface area contributed by atoms with Gasteiger partial charge in [-0.25, -0.2) is 19.0 Å². The summed E-state index contributed by atoms with van der Waals surface area (Å²) >= 11 is 0. The summed E-state index contributed by atoms with van der Waals surface area (Å²) < 4.78 is 29.9. The molecule has 2 N–H and O–H groups in total. The first-order valence-electron chi connectivity index (χ1n) is 9.29. The van der Waals surface area contributed by atoms with Crippen LogP contribution in [0.5, 0.6) is 11.5 Å². The molecule has 1 aromatic heterocycles. The quantitative estimate of drug-likeness (QED) is 0.412. The van der Waals surface area contributed by atoms with E-state index in [9.17, 15) is 4.39 Å². The third-order valence-electron chi connectivity index (χ3n) is 3.81. The van der Waals surface area contributed by atoms with Gasteiger partial charge in [0, 0.05) is 11.1 Å². The van der Waals surface area contributed by atoms with Gasteiger partial charge in [0.05, 0.1) is 13.2 Å². The number of aliphatic carboxylic acids is 2. The van der Waals surface area contributed by atoms with Crippen LogP contribution in [0.25, 0.3) is 10.9 Å². The molecule has 0 saturated carbocycles. The number of para-hydroxylation sites is 2. The first-order chi connectivity index (χ1) is 14.9.